The number of fused-ring (bicyclic) bond motifs is 1. The van der Waals surface area contributed by atoms with E-state index in [1.54, 1.807) is 12.4 Å². The first-order valence-corrected chi connectivity index (χ1v) is 10.4. The van der Waals surface area contributed by atoms with E-state index in [1.807, 2.05) is 30.0 Å². The Hall–Kier alpha value is -1.63. The summed E-state index contributed by atoms with van der Waals surface area (Å²) in [5, 5.41) is 6.19. The number of pyridine rings is 1. The van der Waals surface area contributed by atoms with Gasteiger partial charge in [0.05, 0.1) is 4.88 Å². The molecule has 2 aromatic heterocycles. The minimum absolute atomic E-state index is 0.0950. The molecule has 1 aliphatic heterocycles. The third kappa shape index (κ3) is 3.81. The molecule has 1 amide bonds. The van der Waals surface area contributed by atoms with Gasteiger partial charge in [-0.3, -0.25) is 4.79 Å². The lowest BCUT2D eigenvalue weighted by molar-refractivity contribution is -0.120. The van der Waals surface area contributed by atoms with E-state index < -0.39 is 0 Å². The smallest absolute Gasteiger partial charge is 0.229 e. The fourth-order valence-corrected chi connectivity index (χ4v) is 4.99. The molecule has 128 valence electrons. The van der Waals surface area contributed by atoms with Crippen molar-refractivity contribution in [3.63, 3.8) is 0 Å². The minimum Gasteiger partial charge on any atom is -0.302 e. The monoisotopic (exact) mass is 389 g/mol. The summed E-state index contributed by atoms with van der Waals surface area (Å²) in [6, 6.07) is 7.98. The van der Waals surface area contributed by atoms with Crippen LogP contribution in [0, 0.1) is 5.92 Å². The van der Waals surface area contributed by atoms with E-state index in [0.29, 0.717) is 10.3 Å². The molecule has 1 N–H and O–H groups in total. The largest absolute Gasteiger partial charge is 0.302 e. The molecular formula is C18H16ClN3OS2. The van der Waals surface area contributed by atoms with Gasteiger partial charge in [0.2, 0.25) is 5.91 Å². The van der Waals surface area contributed by atoms with Crippen LogP contribution in [0.15, 0.2) is 36.7 Å². The highest BCUT2D eigenvalue weighted by atomic mass is 35.5. The van der Waals surface area contributed by atoms with Crippen molar-refractivity contribution in [1.82, 2.24) is 9.97 Å². The number of hydrogen-bond donors (Lipinski definition) is 1. The molecule has 3 aromatic rings. The van der Waals surface area contributed by atoms with Crippen molar-refractivity contribution in [2.75, 3.05) is 16.8 Å². The van der Waals surface area contributed by atoms with Gasteiger partial charge >= 0.3 is 0 Å². The van der Waals surface area contributed by atoms with Crippen LogP contribution in [-0.2, 0) is 4.79 Å². The summed E-state index contributed by atoms with van der Waals surface area (Å²) in [6.45, 7) is 0. The summed E-state index contributed by atoms with van der Waals surface area (Å²) in [5.74, 6) is 2.34. The van der Waals surface area contributed by atoms with Gasteiger partial charge in [0.1, 0.15) is 5.15 Å². The van der Waals surface area contributed by atoms with E-state index in [1.165, 1.54) is 11.3 Å². The Bertz CT molecular complexity index is 922. The summed E-state index contributed by atoms with van der Waals surface area (Å²) in [4.78, 5) is 21.8. The highest BCUT2D eigenvalue weighted by Gasteiger charge is 2.22. The SMILES string of the molecule is O=C(Nc1ncc(-c2ccc3cnc(Cl)cc3c2)s1)C1CCSCC1. The second-order valence-electron chi connectivity index (χ2n) is 5.97. The third-order valence-corrected chi connectivity index (χ3v) is 6.52. The number of benzene rings is 1. The van der Waals surface area contributed by atoms with Gasteiger partial charge in [0.15, 0.2) is 5.13 Å². The van der Waals surface area contributed by atoms with Crippen molar-refractivity contribution in [1.29, 1.82) is 0 Å². The molecule has 4 nitrogen and oxygen atoms in total. The summed E-state index contributed by atoms with van der Waals surface area (Å²) < 4.78 is 0. The predicted molar refractivity (Wildman–Crippen MR) is 107 cm³/mol. The Balaban J connectivity index is 1.53. The molecule has 7 heteroatoms. The highest BCUT2D eigenvalue weighted by molar-refractivity contribution is 7.99. The average molecular weight is 390 g/mol. The van der Waals surface area contributed by atoms with E-state index in [-0.39, 0.29) is 11.8 Å². The number of thiazole rings is 1. The number of nitrogens with one attached hydrogen (secondary N) is 1. The van der Waals surface area contributed by atoms with Gasteiger partial charge in [0, 0.05) is 23.7 Å². The molecule has 0 saturated carbocycles. The van der Waals surface area contributed by atoms with Gasteiger partial charge in [-0.1, -0.05) is 35.1 Å². The topological polar surface area (TPSA) is 54.9 Å². The van der Waals surface area contributed by atoms with Gasteiger partial charge in [-0.2, -0.15) is 11.8 Å². The van der Waals surface area contributed by atoms with Crippen LogP contribution in [0.25, 0.3) is 21.2 Å². The zero-order chi connectivity index (χ0) is 17.2. The summed E-state index contributed by atoms with van der Waals surface area (Å²) >= 11 is 9.40. The Morgan fingerprint density at radius 2 is 1.96 bits per heavy atom. The van der Waals surface area contributed by atoms with Crippen LogP contribution >= 0.6 is 34.7 Å². The lowest BCUT2D eigenvalue weighted by Gasteiger charge is -2.19. The van der Waals surface area contributed by atoms with Crippen molar-refractivity contribution in [3.05, 3.63) is 41.8 Å². The number of carbonyl (C=O) groups excluding carboxylic acids is 1. The second-order valence-corrected chi connectivity index (χ2v) is 8.62. The number of halogens is 1. The molecule has 0 atom stereocenters. The molecule has 25 heavy (non-hydrogen) atoms. The number of nitrogens with zero attached hydrogens (tertiary/aromatic N) is 2. The third-order valence-electron chi connectivity index (χ3n) is 4.30. The van der Waals surface area contributed by atoms with Gasteiger partial charge in [-0.15, -0.1) is 0 Å². The number of amides is 1. The molecule has 1 aromatic carbocycles. The normalized spacial score (nSPS) is 15.4. The Morgan fingerprint density at radius 1 is 1.12 bits per heavy atom. The van der Waals surface area contributed by atoms with Gasteiger partial charge in [-0.25, -0.2) is 9.97 Å². The van der Waals surface area contributed by atoms with E-state index in [2.05, 4.69) is 21.4 Å². The average Bonchev–Trinajstić information content (AvgIpc) is 3.10. The molecule has 1 aliphatic rings. The van der Waals surface area contributed by atoms with Crippen molar-refractivity contribution in [3.8, 4) is 10.4 Å². The van der Waals surface area contributed by atoms with Crippen LogP contribution in [0.4, 0.5) is 5.13 Å². The molecule has 0 radical (unpaired) electrons. The summed E-state index contributed by atoms with van der Waals surface area (Å²) in [5.41, 5.74) is 1.06. The fourth-order valence-electron chi connectivity index (χ4n) is 2.90. The Kier molecular flexibility index (Phi) is 4.92. The maximum Gasteiger partial charge on any atom is 0.229 e. The number of rotatable bonds is 3. The summed E-state index contributed by atoms with van der Waals surface area (Å²) in [7, 11) is 0. The Morgan fingerprint density at radius 3 is 2.80 bits per heavy atom. The first kappa shape index (κ1) is 16.8. The molecule has 0 bridgehead atoms. The molecule has 3 heterocycles. The lowest BCUT2D eigenvalue weighted by atomic mass is 10.0. The van der Waals surface area contributed by atoms with Crippen LogP contribution in [0.2, 0.25) is 5.15 Å². The van der Waals surface area contributed by atoms with E-state index in [4.69, 9.17) is 11.6 Å². The number of hydrogen-bond acceptors (Lipinski definition) is 5. The van der Waals surface area contributed by atoms with Crippen LogP contribution in [0.5, 0.6) is 0 Å². The van der Waals surface area contributed by atoms with Crippen molar-refractivity contribution in [2.24, 2.45) is 5.92 Å². The molecular weight excluding hydrogens is 374 g/mol. The van der Waals surface area contributed by atoms with Gasteiger partial charge in [-0.05, 0) is 47.4 Å². The molecule has 0 spiro atoms. The lowest BCUT2D eigenvalue weighted by Crippen LogP contribution is -2.26. The van der Waals surface area contributed by atoms with Crippen LogP contribution in [0.3, 0.4) is 0 Å². The predicted octanol–water partition coefficient (Wildman–Crippen LogP) is 5.09. The molecule has 0 unspecified atom stereocenters. The van der Waals surface area contributed by atoms with E-state index in [0.717, 1.165) is 45.6 Å². The number of aromatic nitrogens is 2. The zero-order valence-corrected chi connectivity index (χ0v) is 15.8. The number of thioether (sulfide) groups is 1. The second kappa shape index (κ2) is 7.32. The van der Waals surface area contributed by atoms with Crippen molar-refractivity contribution < 1.29 is 4.79 Å². The standard InChI is InChI=1S/C18H16ClN3OS2/c19-16-8-14-7-12(1-2-13(14)9-20-16)15-10-21-18(25-15)22-17(23)11-3-5-24-6-4-11/h1-2,7-11H,3-6H2,(H,21,22,23). The van der Waals surface area contributed by atoms with Crippen molar-refractivity contribution in [2.45, 2.75) is 12.8 Å². The van der Waals surface area contributed by atoms with Gasteiger partial charge < -0.3 is 5.32 Å². The van der Waals surface area contributed by atoms with Crippen LogP contribution in [-0.4, -0.2) is 27.4 Å². The van der Waals surface area contributed by atoms with Crippen LogP contribution in [0.1, 0.15) is 12.8 Å². The van der Waals surface area contributed by atoms with E-state index >= 15 is 0 Å². The molecule has 4 rings (SSSR count). The molecule has 1 saturated heterocycles. The summed E-state index contributed by atoms with van der Waals surface area (Å²) in [6.07, 6.45) is 5.48. The number of anilines is 1. The first-order chi connectivity index (χ1) is 12.2. The Labute approximate surface area is 159 Å². The van der Waals surface area contributed by atoms with Crippen molar-refractivity contribution >= 4 is 56.5 Å². The maximum absolute atomic E-state index is 12.4. The van der Waals surface area contributed by atoms with Gasteiger partial charge in [0.25, 0.3) is 0 Å². The minimum atomic E-state index is 0.0950. The van der Waals surface area contributed by atoms with E-state index in [9.17, 15) is 4.79 Å². The zero-order valence-electron chi connectivity index (χ0n) is 13.4. The maximum atomic E-state index is 12.4. The molecule has 0 aliphatic carbocycles. The number of carbonyl (C=O) groups is 1. The highest BCUT2D eigenvalue weighted by Crippen LogP contribution is 2.32. The van der Waals surface area contributed by atoms with Crippen LogP contribution < -0.4 is 5.32 Å². The fraction of sp³-hybridized carbons (Fsp3) is 0.278. The molecule has 1 fully saturated rings. The quantitative estimate of drug-likeness (QED) is 0.633. The first-order valence-electron chi connectivity index (χ1n) is 8.09.